The van der Waals surface area contributed by atoms with E-state index in [0.717, 1.165) is 30.7 Å². The number of nitrogens with zero attached hydrogens (tertiary/aromatic N) is 2. The van der Waals surface area contributed by atoms with E-state index in [2.05, 4.69) is 34.2 Å². The van der Waals surface area contributed by atoms with Gasteiger partial charge in [0.15, 0.2) is 0 Å². The quantitative estimate of drug-likeness (QED) is 0.711. The molecular formula is C21H27N3O4S. The fraction of sp³-hybridized carbons (Fsp3) is 0.524. The highest BCUT2D eigenvalue weighted by Gasteiger charge is 2.34. The Labute approximate surface area is 171 Å². The normalized spacial score (nSPS) is 26.6. The van der Waals surface area contributed by atoms with Crippen LogP contribution in [0.1, 0.15) is 47.7 Å². The summed E-state index contributed by atoms with van der Waals surface area (Å²) in [5.41, 5.74) is 4.81. The van der Waals surface area contributed by atoms with E-state index in [1.807, 2.05) is 6.07 Å². The molecule has 4 rings (SSSR count). The number of nitrogens with two attached hydrogens (primary N) is 1. The van der Waals surface area contributed by atoms with Crippen molar-refractivity contribution in [3.63, 3.8) is 0 Å². The molecule has 1 unspecified atom stereocenters. The van der Waals surface area contributed by atoms with Crippen LogP contribution in [0.25, 0.3) is 0 Å². The number of hydrogen-bond acceptors (Lipinski definition) is 6. The molecule has 156 valence electrons. The minimum atomic E-state index is -3.95. The van der Waals surface area contributed by atoms with Crippen molar-refractivity contribution < 1.29 is 17.7 Å². The number of hydrogen-bond donors (Lipinski definition) is 2. The van der Waals surface area contributed by atoms with Crippen molar-refractivity contribution in [2.24, 2.45) is 17.0 Å². The summed E-state index contributed by atoms with van der Waals surface area (Å²) >= 11 is 0. The molecule has 0 radical (unpaired) electrons. The maximum atomic E-state index is 11.0. The summed E-state index contributed by atoms with van der Waals surface area (Å²) in [4.78, 5) is 8.86. The number of aliphatic hydroxyl groups is 1. The fourth-order valence-corrected chi connectivity index (χ4v) is 5.19. The van der Waals surface area contributed by atoms with Crippen LogP contribution < -0.4 is 5.14 Å². The first kappa shape index (κ1) is 20.4. The zero-order valence-electron chi connectivity index (χ0n) is 16.3. The van der Waals surface area contributed by atoms with Gasteiger partial charge in [0.2, 0.25) is 0 Å². The molecule has 0 amide bonds. The zero-order chi connectivity index (χ0) is 20.4. The third-order valence-corrected chi connectivity index (χ3v) is 6.65. The van der Waals surface area contributed by atoms with Gasteiger partial charge in [0, 0.05) is 11.4 Å². The minimum Gasteiger partial charge on any atom is -0.393 e. The number of aryl methyl sites for hydroxylation is 1. The van der Waals surface area contributed by atoms with Crippen molar-refractivity contribution in [3.8, 4) is 0 Å². The van der Waals surface area contributed by atoms with Crippen LogP contribution in [0.15, 0.2) is 36.7 Å². The van der Waals surface area contributed by atoms with Crippen LogP contribution in [0.5, 0.6) is 0 Å². The lowest BCUT2D eigenvalue weighted by Crippen LogP contribution is -2.19. The Balaban J connectivity index is 1.37. The van der Waals surface area contributed by atoms with Gasteiger partial charge >= 0.3 is 10.3 Å². The number of fused-ring (bicyclic) bond motifs is 1. The lowest BCUT2D eigenvalue weighted by atomic mass is 9.94. The summed E-state index contributed by atoms with van der Waals surface area (Å²) in [5.74, 6) is 0.495. The molecule has 8 heteroatoms. The highest BCUT2D eigenvalue weighted by molar-refractivity contribution is 7.84. The van der Waals surface area contributed by atoms with E-state index < -0.39 is 16.4 Å². The predicted molar refractivity (Wildman–Crippen MR) is 108 cm³/mol. The van der Waals surface area contributed by atoms with Crippen molar-refractivity contribution in [2.75, 3.05) is 6.61 Å². The van der Waals surface area contributed by atoms with Crippen LogP contribution in [-0.4, -0.2) is 36.2 Å². The number of aliphatic hydroxyl groups excluding tert-OH is 1. The highest BCUT2D eigenvalue weighted by atomic mass is 32.2. The van der Waals surface area contributed by atoms with E-state index >= 15 is 0 Å². The van der Waals surface area contributed by atoms with E-state index in [0.29, 0.717) is 25.2 Å². The lowest BCUT2D eigenvalue weighted by Gasteiger charge is -2.15. The predicted octanol–water partition coefficient (Wildman–Crippen LogP) is 1.90. The molecule has 2 aromatic rings. The third kappa shape index (κ3) is 5.19. The second kappa shape index (κ2) is 8.47. The summed E-state index contributed by atoms with van der Waals surface area (Å²) in [6.45, 7) is 0.0164. The number of aromatic nitrogens is 2. The molecular weight excluding hydrogens is 390 g/mol. The van der Waals surface area contributed by atoms with Crippen molar-refractivity contribution >= 4 is 10.3 Å². The molecule has 7 nitrogen and oxygen atoms in total. The van der Waals surface area contributed by atoms with Crippen molar-refractivity contribution in [2.45, 2.75) is 50.5 Å². The van der Waals surface area contributed by atoms with Gasteiger partial charge in [-0.2, -0.15) is 8.42 Å². The van der Waals surface area contributed by atoms with Crippen LogP contribution in [0.2, 0.25) is 0 Å². The Morgan fingerprint density at radius 3 is 2.69 bits per heavy atom. The molecule has 29 heavy (non-hydrogen) atoms. The molecule has 2 aliphatic rings. The summed E-state index contributed by atoms with van der Waals surface area (Å²) in [7, 11) is -3.95. The van der Waals surface area contributed by atoms with Crippen LogP contribution in [-0.2, 0) is 33.7 Å². The lowest BCUT2D eigenvalue weighted by molar-refractivity contribution is 0.128. The Kier molecular flexibility index (Phi) is 5.96. The number of benzene rings is 1. The van der Waals surface area contributed by atoms with E-state index in [4.69, 9.17) is 9.32 Å². The monoisotopic (exact) mass is 417 g/mol. The molecule has 0 bridgehead atoms. The van der Waals surface area contributed by atoms with Crippen molar-refractivity contribution in [3.05, 3.63) is 59.2 Å². The first-order valence-electron chi connectivity index (χ1n) is 10.1. The van der Waals surface area contributed by atoms with Gasteiger partial charge < -0.3 is 5.11 Å². The third-order valence-electron chi connectivity index (χ3n) is 6.19. The largest absolute Gasteiger partial charge is 0.393 e. The second-order valence-electron chi connectivity index (χ2n) is 8.29. The maximum Gasteiger partial charge on any atom is 0.333 e. The standard InChI is InChI=1S/C21H27N3O4S/c22-29(26,27)28-12-14-7-17(21(25)8-14)10-19-11-18(23-13-24-19)9-16-6-5-15-3-1-2-4-20(15)16/h1-4,11,13-14,16-17,21,25H,5-10,12H2,(H2,22,26,27)/t14-,16?,17+,21-/m1/s1. The minimum absolute atomic E-state index is 0.0164. The van der Waals surface area contributed by atoms with Gasteiger partial charge in [0.1, 0.15) is 6.33 Å². The zero-order valence-corrected chi connectivity index (χ0v) is 17.1. The molecule has 2 aliphatic carbocycles. The van der Waals surface area contributed by atoms with Gasteiger partial charge in [-0.05, 0) is 73.5 Å². The summed E-state index contributed by atoms with van der Waals surface area (Å²) in [6.07, 6.45) is 6.11. The van der Waals surface area contributed by atoms with Gasteiger partial charge in [-0.15, -0.1) is 0 Å². The average Bonchev–Trinajstić information content (AvgIpc) is 3.24. The highest BCUT2D eigenvalue weighted by Crippen LogP contribution is 2.36. The molecule has 0 aliphatic heterocycles. The number of rotatable bonds is 7. The Morgan fingerprint density at radius 1 is 1.14 bits per heavy atom. The van der Waals surface area contributed by atoms with E-state index in [1.165, 1.54) is 11.1 Å². The van der Waals surface area contributed by atoms with Gasteiger partial charge in [0.25, 0.3) is 0 Å². The SMILES string of the molecule is NS(=O)(=O)OC[C@@H]1C[C@@H](Cc2cc(CC3CCc4ccccc43)ncn2)[C@H](O)C1. The fourth-order valence-electron chi connectivity index (χ4n) is 4.81. The van der Waals surface area contributed by atoms with Gasteiger partial charge in [-0.1, -0.05) is 24.3 Å². The average molecular weight is 418 g/mol. The Hall–Kier alpha value is -1.87. The molecule has 0 spiro atoms. The smallest absolute Gasteiger partial charge is 0.333 e. The molecule has 1 aromatic heterocycles. The summed E-state index contributed by atoms with van der Waals surface area (Å²) in [5, 5.41) is 15.3. The molecule has 0 saturated heterocycles. The Bertz CT molecular complexity index is 966. The molecule has 4 atom stereocenters. The van der Waals surface area contributed by atoms with Crippen LogP contribution in [0, 0.1) is 11.8 Å². The first-order valence-corrected chi connectivity index (χ1v) is 11.6. The summed E-state index contributed by atoms with van der Waals surface area (Å²) in [6, 6.07) is 10.7. The topological polar surface area (TPSA) is 115 Å². The van der Waals surface area contributed by atoms with E-state index in [1.54, 1.807) is 6.33 Å². The maximum absolute atomic E-state index is 11.0. The van der Waals surface area contributed by atoms with Crippen LogP contribution >= 0.6 is 0 Å². The second-order valence-corrected chi connectivity index (χ2v) is 9.51. The van der Waals surface area contributed by atoms with E-state index in [-0.39, 0.29) is 18.4 Å². The van der Waals surface area contributed by atoms with Crippen molar-refractivity contribution in [1.82, 2.24) is 9.97 Å². The molecule has 1 aromatic carbocycles. The molecule has 1 saturated carbocycles. The molecule has 3 N–H and O–H groups in total. The Morgan fingerprint density at radius 2 is 1.90 bits per heavy atom. The van der Waals surface area contributed by atoms with Gasteiger partial charge in [-0.25, -0.2) is 15.1 Å². The first-order chi connectivity index (χ1) is 13.9. The van der Waals surface area contributed by atoms with Crippen LogP contribution in [0.3, 0.4) is 0 Å². The van der Waals surface area contributed by atoms with Crippen molar-refractivity contribution in [1.29, 1.82) is 0 Å². The van der Waals surface area contributed by atoms with Gasteiger partial charge in [0.05, 0.1) is 12.7 Å². The van der Waals surface area contributed by atoms with E-state index in [9.17, 15) is 13.5 Å². The molecule has 1 fully saturated rings. The van der Waals surface area contributed by atoms with Gasteiger partial charge in [-0.3, -0.25) is 4.18 Å². The van der Waals surface area contributed by atoms with Crippen LogP contribution in [0.4, 0.5) is 0 Å². The summed E-state index contributed by atoms with van der Waals surface area (Å²) < 4.78 is 26.6. The molecule has 1 heterocycles.